The first-order chi connectivity index (χ1) is 12.6. The lowest BCUT2D eigenvalue weighted by molar-refractivity contribution is -0.134. The number of hydrogen-bond acceptors (Lipinski definition) is 4. The van der Waals surface area contributed by atoms with Gasteiger partial charge in [0, 0.05) is 13.6 Å². The zero-order chi connectivity index (χ0) is 20.2. The lowest BCUT2D eigenvalue weighted by Crippen LogP contribution is -2.52. The van der Waals surface area contributed by atoms with Crippen LogP contribution in [0.1, 0.15) is 18.1 Å². The van der Waals surface area contributed by atoms with Gasteiger partial charge in [-0.05, 0) is 43.7 Å². The topological polar surface area (TPSA) is 86.7 Å². The molecular formula is C19H23FN2O4S. The Morgan fingerprint density at radius 1 is 1.15 bits per heavy atom. The number of aryl methyl sites for hydroxylation is 1. The number of rotatable bonds is 7. The Hall–Kier alpha value is -2.29. The van der Waals surface area contributed by atoms with Crippen molar-refractivity contribution in [3.63, 3.8) is 0 Å². The molecule has 0 radical (unpaired) electrons. The van der Waals surface area contributed by atoms with E-state index < -0.39 is 28.1 Å². The molecule has 0 aromatic heterocycles. The van der Waals surface area contributed by atoms with Gasteiger partial charge in [0.2, 0.25) is 15.9 Å². The summed E-state index contributed by atoms with van der Waals surface area (Å²) in [5.41, 5.74) is 1.58. The Kier molecular flexibility index (Phi) is 6.69. The van der Waals surface area contributed by atoms with E-state index in [1.807, 2.05) is 6.92 Å². The van der Waals surface area contributed by atoms with Crippen LogP contribution in [0, 0.1) is 12.7 Å². The molecule has 2 aromatic carbocycles. The van der Waals surface area contributed by atoms with Gasteiger partial charge in [0.1, 0.15) is 11.9 Å². The highest BCUT2D eigenvalue weighted by Crippen LogP contribution is 2.13. The highest BCUT2D eigenvalue weighted by atomic mass is 32.2. The molecule has 0 aliphatic rings. The van der Waals surface area contributed by atoms with Crippen LogP contribution in [-0.4, -0.2) is 43.5 Å². The van der Waals surface area contributed by atoms with E-state index in [0.717, 1.165) is 5.56 Å². The van der Waals surface area contributed by atoms with Crippen molar-refractivity contribution in [2.75, 3.05) is 7.05 Å². The average molecular weight is 394 g/mol. The van der Waals surface area contributed by atoms with Crippen LogP contribution in [0.25, 0.3) is 0 Å². The maximum Gasteiger partial charge on any atom is 0.243 e. The fraction of sp³-hybridized carbons (Fsp3) is 0.316. The third-order valence-corrected chi connectivity index (χ3v) is 5.53. The van der Waals surface area contributed by atoms with E-state index >= 15 is 0 Å². The van der Waals surface area contributed by atoms with Gasteiger partial charge in [0.15, 0.2) is 0 Å². The van der Waals surface area contributed by atoms with Crippen molar-refractivity contribution in [1.82, 2.24) is 9.62 Å². The van der Waals surface area contributed by atoms with E-state index in [-0.39, 0.29) is 17.3 Å². The van der Waals surface area contributed by atoms with E-state index in [0.29, 0.717) is 5.56 Å². The van der Waals surface area contributed by atoms with Gasteiger partial charge in [0.25, 0.3) is 0 Å². The molecule has 0 aliphatic carbocycles. The molecule has 0 saturated carbocycles. The predicted octanol–water partition coefficient (Wildman–Crippen LogP) is 1.82. The molecule has 0 aliphatic heterocycles. The fourth-order valence-corrected chi connectivity index (χ4v) is 3.75. The van der Waals surface area contributed by atoms with Crippen LogP contribution in [-0.2, 0) is 21.4 Å². The fourth-order valence-electron chi connectivity index (χ4n) is 2.49. The van der Waals surface area contributed by atoms with Gasteiger partial charge >= 0.3 is 0 Å². The summed E-state index contributed by atoms with van der Waals surface area (Å²) in [6, 6.07) is 10.4. The second kappa shape index (κ2) is 8.60. The van der Waals surface area contributed by atoms with Crippen LogP contribution >= 0.6 is 0 Å². The molecular weight excluding hydrogens is 371 g/mol. The quantitative estimate of drug-likeness (QED) is 0.750. The van der Waals surface area contributed by atoms with Crippen LogP contribution in [0.3, 0.4) is 0 Å². The summed E-state index contributed by atoms with van der Waals surface area (Å²) in [4.78, 5) is 14.0. The molecule has 6 nitrogen and oxygen atoms in total. The maximum atomic E-state index is 13.0. The Bertz CT molecular complexity index is 881. The molecule has 0 unspecified atom stereocenters. The minimum Gasteiger partial charge on any atom is -0.391 e. The van der Waals surface area contributed by atoms with E-state index in [4.69, 9.17) is 0 Å². The largest absolute Gasteiger partial charge is 0.391 e. The summed E-state index contributed by atoms with van der Waals surface area (Å²) in [7, 11) is -2.50. The molecule has 0 saturated heterocycles. The number of aliphatic hydroxyl groups is 1. The molecule has 0 spiro atoms. The van der Waals surface area contributed by atoms with Crippen molar-refractivity contribution in [1.29, 1.82) is 0 Å². The molecule has 27 heavy (non-hydrogen) atoms. The smallest absolute Gasteiger partial charge is 0.243 e. The average Bonchev–Trinajstić information content (AvgIpc) is 2.61. The van der Waals surface area contributed by atoms with Crippen molar-refractivity contribution in [3.05, 3.63) is 65.5 Å². The molecule has 2 rings (SSSR count). The number of carbonyl (C=O) groups is 1. The lowest BCUT2D eigenvalue weighted by Gasteiger charge is -2.26. The number of carbonyl (C=O) groups excluding carboxylic acids is 1. The maximum absolute atomic E-state index is 13.0. The van der Waals surface area contributed by atoms with Gasteiger partial charge in [0.05, 0.1) is 11.0 Å². The van der Waals surface area contributed by atoms with Gasteiger partial charge < -0.3 is 10.0 Å². The zero-order valence-electron chi connectivity index (χ0n) is 15.4. The number of benzene rings is 2. The predicted molar refractivity (Wildman–Crippen MR) is 99.8 cm³/mol. The van der Waals surface area contributed by atoms with Crippen molar-refractivity contribution in [3.8, 4) is 0 Å². The first-order valence-electron chi connectivity index (χ1n) is 8.36. The summed E-state index contributed by atoms with van der Waals surface area (Å²) < 4.78 is 40.4. The Morgan fingerprint density at radius 2 is 1.70 bits per heavy atom. The number of hydrogen-bond donors (Lipinski definition) is 2. The van der Waals surface area contributed by atoms with Gasteiger partial charge in [-0.1, -0.05) is 29.8 Å². The van der Waals surface area contributed by atoms with Gasteiger partial charge in [-0.2, -0.15) is 4.72 Å². The molecule has 1 amide bonds. The van der Waals surface area contributed by atoms with Gasteiger partial charge in [-0.15, -0.1) is 0 Å². The minimum absolute atomic E-state index is 0.00716. The first kappa shape index (κ1) is 21.0. The molecule has 0 bridgehead atoms. The molecule has 0 fully saturated rings. The number of sulfonamides is 1. The number of aliphatic hydroxyl groups excluding tert-OH is 1. The number of halogens is 1. The van der Waals surface area contributed by atoms with Gasteiger partial charge in [-0.3, -0.25) is 4.79 Å². The zero-order valence-corrected chi connectivity index (χ0v) is 16.2. The monoisotopic (exact) mass is 394 g/mol. The van der Waals surface area contributed by atoms with Crippen LogP contribution in [0.5, 0.6) is 0 Å². The highest BCUT2D eigenvalue weighted by Gasteiger charge is 2.31. The minimum atomic E-state index is -3.99. The van der Waals surface area contributed by atoms with Crippen molar-refractivity contribution in [2.45, 2.75) is 37.4 Å². The van der Waals surface area contributed by atoms with E-state index in [1.165, 1.54) is 55.3 Å². The number of nitrogens with one attached hydrogen (secondary N) is 1. The number of nitrogens with zero attached hydrogens (tertiary/aromatic N) is 1. The third-order valence-electron chi connectivity index (χ3n) is 4.07. The van der Waals surface area contributed by atoms with E-state index in [9.17, 15) is 22.7 Å². The van der Waals surface area contributed by atoms with Crippen LogP contribution in [0.4, 0.5) is 4.39 Å². The summed E-state index contributed by atoms with van der Waals surface area (Å²) in [6.07, 6.45) is -1.24. The summed E-state index contributed by atoms with van der Waals surface area (Å²) in [5, 5.41) is 9.96. The summed E-state index contributed by atoms with van der Waals surface area (Å²) in [5.74, 6) is -0.981. The normalized spacial score (nSPS) is 13.8. The lowest BCUT2D eigenvalue weighted by atomic mass is 10.1. The third kappa shape index (κ3) is 5.59. The Balaban J connectivity index is 2.16. The van der Waals surface area contributed by atoms with Crippen LogP contribution < -0.4 is 4.72 Å². The SMILES string of the molecule is Cc1ccc(S(=O)(=O)N[C@H](C(=O)N(C)Cc2ccc(F)cc2)[C@@H](C)O)cc1. The molecule has 2 N–H and O–H groups in total. The summed E-state index contributed by atoms with van der Waals surface area (Å²) >= 11 is 0. The second-order valence-electron chi connectivity index (χ2n) is 6.47. The highest BCUT2D eigenvalue weighted by molar-refractivity contribution is 7.89. The molecule has 2 aromatic rings. The van der Waals surface area contributed by atoms with Gasteiger partial charge in [-0.25, -0.2) is 12.8 Å². The standard InChI is InChI=1S/C19H23FN2O4S/c1-13-4-10-17(11-5-13)27(25,26)21-18(14(2)23)19(24)22(3)12-15-6-8-16(20)9-7-15/h4-11,14,18,21,23H,12H2,1-3H3/t14-,18+/m1/s1. The summed E-state index contributed by atoms with van der Waals surface area (Å²) in [6.45, 7) is 3.32. The molecule has 146 valence electrons. The first-order valence-corrected chi connectivity index (χ1v) is 9.85. The van der Waals surface area contributed by atoms with E-state index in [1.54, 1.807) is 12.1 Å². The molecule has 8 heteroatoms. The van der Waals surface area contributed by atoms with Crippen molar-refractivity contribution in [2.24, 2.45) is 0 Å². The van der Waals surface area contributed by atoms with Crippen LogP contribution in [0.15, 0.2) is 53.4 Å². The van der Waals surface area contributed by atoms with E-state index in [2.05, 4.69) is 4.72 Å². The Morgan fingerprint density at radius 3 is 2.22 bits per heavy atom. The number of likely N-dealkylation sites (N-methyl/N-ethyl adjacent to an activating group) is 1. The number of amides is 1. The van der Waals surface area contributed by atoms with Crippen molar-refractivity contribution >= 4 is 15.9 Å². The molecule has 2 atom stereocenters. The van der Waals surface area contributed by atoms with Crippen LogP contribution in [0.2, 0.25) is 0 Å². The molecule has 0 heterocycles. The van der Waals surface area contributed by atoms with Crippen molar-refractivity contribution < 1.29 is 22.7 Å². The second-order valence-corrected chi connectivity index (χ2v) is 8.19. The Labute approximate surface area is 158 Å².